The van der Waals surface area contributed by atoms with E-state index in [-0.39, 0.29) is 6.23 Å². The fourth-order valence-electron chi connectivity index (χ4n) is 2.97. The van der Waals surface area contributed by atoms with Gasteiger partial charge >= 0.3 is 0 Å². The highest BCUT2D eigenvalue weighted by atomic mass is 35.5. The van der Waals surface area contributed by atoms with Crippen LogP contribution in [0.5, 0.6) is 0 Å². The van der Waals surface area contributed by atoms with E-state index >= 15 is 0 Å². The van der Waals surface area contributed by atoms with Gasteiger partial charge in [-0.2, -0.15) is 0 Å². The van der Waals surface area contributed by atoms with Crippen molar-refractivity contribution in [3.05, 3.63) is 46.5 Å². The van der Waals surface area contributed by atoms with E-state index in [1.165, 1.54) is 0 Å². The summed E-state index contributed by atoms with van der Waals surface area (Å²) in [5, 5.41) is 4.37. The van der Waals surface area contributed by atoms with Crippen molar-refractivity contribution in [3.63, 3.8) is 0 Å². The number of hydrogen-bond acceptors (Lipinski definition) is 5. The van der Waals surface area contributed by atoms with E-state index in [0.717, 1.165) is 42.6 Å². The van der Waals surface area contributed by atoms with E-state index in [9.17, 15) is 0 Å². The third-order valence-corrected chi connectivity index (χ3v) is 5.01. The third-order valence-electron chi connectivity index (χ3n) is 4.27. The molecule has 1 aliphatic heterocycles. The van der Waals surface area contributed by atoms with Gasteiger partial charge in [-0.3, -0.25) is 4.57 Å². The van der Waals surface area contributed by atoms with Crippen molar-refractivity contribution in [2.24, 2.45) is 0 Å². The second kappa shape index (κ2) is 7.15. The van der Waals surface area contributed by atoms with Gasteiger partial charge in [-0.05, 0) is 37.0 Å². The molecule has 0 bridgehead atoms. The zero-order valence-electron chi connectivity index (χ0n) is 13.5. The standard InChI is InChI=1S/C17H17Cl2N5O/c18-12-5-4-11(7-13(12)19)8-20-16-15-17(22-9-21-16)24(10-23-15)14-3-1-2-6-25-14/h4-5,7,9-10,14H,1-3,6,8H2,(H,20,21,22). The monoisotopic (exact) mass is 377 g/mol. The molecule has 3 heterocycles. The first-order chi connectivity index (χ1) is 12.2. The SMILES string of the molecule is Clc1ccc(CNc2ncnc3c2ncn3C2CCCCO2)cc1Cl. The molecule has 0 saturated carbocycles. The Morgan fingerprint density at radius 2 is 2.08 bits per heavy atom. The number of halogens is 2. The molecule has 0 amide bonds. The lowest BCUT2D eigenvalue weighted by Gasteiger charge is -2.23. The normalized spacial score (nSPS) is 17.8. The number of anilines is 1. The Morgan fingerprint density at radius 3 is 2.88 bits per heavy atom. The number of rotatable bonds is 4. The largest absolute Gasteiger partial charge is 0.364 e. The Bertz CT molecular complexity index is 892. The van der Waals surface area contributed by atoms with Gasteiger partial charge in [0.25, 0.3) is 0 Å². The lowest BCUT2D eigenvalue weighted by atomic mass is 10.2. The number of aromatic nitrogens is 4. The Hall–Kier alpha value is -1.89. The second-order valence-electron chi connectivity index (χ2n) is 5.97. The molecule has 3 aromatic rings. The summed E-state index contributed by atoms with van der Waals surface area (Å²) < 4.78 is 7.83. The van der Waals surface area contributed by atoms with E-state index in [1.54, 1.807) is 18.7 Å². The summed E-state index contributed by atoms with van der Waals surface area (Å²) in [6.45, 7) is 1.34. The van der Waals surface area contributed by atoms with Crippen LogP contribution in [0.1, 0.15) is 31.1 Å². The summed E-state index contributed by atoms with van der Waals surface area (Å²) in [6.07, 6.45) is 6.55. The van der Waals surface area contributed by atoms with Crippen LogP contribution in [0.2, 0.25) is 10.0 Å². The van der Waals surface area contributed by atoms with Crippen molar-refractivity contribution in [1.29, 1.82) is 0 Å². The van der Waals surface area contributed by atoms with Crippen LogP contribution in [-0.4, -0.2) is 26.1 Å². The minimum Gasteiger partial charge on any atom is -0.364 e. The number of imidazole rings is 1. The molecule has 2 aromatic heterocycles. The summed E-state index contributed by atoms with van der Waals surface area (Å²) in [5.74, 6) is 0.686. The van der Waals surface area contributed by atoms with Crippen LogP contribution in [0.4, 0.5) is 5.82 Å². The molecule has 6 nitrogen and oxygen atoms in total. The van der Waals surface area contributed by atoms with Gasteiger partial charge < -0.3 is 10.1 Å². The number of ether oxygens (including phenoxy) is 1. The van der Waals surface area contributed by atoms with Crippen molar-refractivity contribution >= 4 is 40.2 Å². The smallest absolute Gasteiger partial charge is 0.167 e. The quantitative estimate of drug-likeness (QED) is 0.727. The third kappa shape index (κ3) is 3.42. The lowest BCUT2D eigenvalue weighted by Crippen LogP contribution is -2.17. The maximum atomic E-state index is 6.07. The number of hydrogen-bond donors (Lipinski definition) is 1. The highest BCUT2D eigenvalue weighted by Gasteiger charge is 2.20. The summed E-state index contributed by atoms with van der Waals surface area (Å²) in [5.41, 5.74) is 2.52. The Morgan fingerprint density at radius 1 is 1.16 bits per heavy atom. The average Bonchev–Trinajstić information content (AvgIpc) is 3.08. The van der Waals surface area contributed by atoms with E-state index in [2.05, 4.69) is 20.3 Å². The number of benzene rings is 1. The maximum absolute atomic E-state index is 6.07. The van der Waals surface area contributed by atoms with Crippen LogP contribution in [-0.2, 0) is 11.3 Å². The van der Waals surface area contributed by atoms with Crippen LogP contribution < -0.4 is 5.32 Å². The molecule has 1 saturated heterocycles. The minimum absolute atomic E-state index is 0.00317. The summed E-state index contributed by atoms with van der Waals surface area (Å²) in [6, 6.07) is 5.55. The summed E-state index contributed by atoms with van der Waals surface area (Å²) in [7, 11) is 0. The van der Waals surface area contributed by atoms with Gasteiger partial charge in [0.05, 0.1) is 16.4 Å². The van der Waals surface area contributed by atoms with Crippen LogP contribution in [0.15, 0.2) is 30.9 Å². The predicted molar refractivity (Wildman–Crippen MR) is 98.0 cm³/mol. The molecule has 1 atom stereocenters. The minimum atomic E-state index is -0.00317. The van der Waals surface area contributed by atoms with Gasteiger partial charge in [0.2, 0.25) is 0 Å². The first-order valence-electron chi connectivity index (χ1n) is 8.19. The van der Waals surface area contributed by atoms with E-state index in [4.69, 9.17) is 27.9 Å². The van der Waals surface area contributed by atoms with Gasteiger partial charge in [0, 0.05) is 13.2 Å². The molecule has 1 unspecified atom stereocenters. The van der Waals surface area contributed by atoms with Gasteiger partial charge in [-0.25, -0.2) is 15.0 Å². The zero-order valence-corrected chi connectivity index (χ0v) is 15.0. The molecule has 130 valence electrons. The highest BCUT2D eigenvalue weighted by molar-refractivity contribution is 6.42. The van der Waals surface area contributed by atoms with Crippen LogP contribution in [0.25, 0.3) is 11.2 Å². The Labute approximate surface area is 155 Å². The Balaban J connectivity index is 1.57. The molecule has 1 aliphatic rings. The summed E-state index contributed by atoms with van der Waals surface area (Å²) in [4.78, 5) is 13.2. The second-order valence-corrected chi connectivity index (χ2v) is 6.78. The first-order valence-corrected chi connectivity index (χ1v) is 8.95. The van der Waals surface area contributed by atoms with Crippen LogP contribution >= 0.6 is 23.2 Å². The first kappa shape index (κ1) is 16.6. The Kier molecular flexibility index (Phi) is 4.74. The van der Waals surface area contributed by atoms with Gasteiger partial charge in [0.1, 0.15) is 12.6 Å². The van der Waals surface area contributed by atoms with E-state index in [0.29, 0.717) is 22.4 Å². The van der Waals surface area contributed by atoms with Gasteiger partial charge in [-0.15, -0.1) is 0 Å². The van der Waals surface area contributed by atoms with Crippen LogP contribution in [0, 0.1) is 0 Å². The van der Waals surface area contributed by atoms with E-state index < -0.39 is 0 Å². The number of fused-ring (bicyclic) bond motifs is 1. The molecule has 4 rings (SSSR count). The molecule has 0 spiro atoms. The van der Waals surface area contributed by atoms with Crippen molar-refractivity contribution in [3.8, 4) is 0 Å². The highest BCUT2D eigenvalue weighted by Crippen LogP contribution is 2.28. The lowest BCUT2D eigenvalue weighted by molar-refractivity contribution is -0.0298. The van der Waals surface area contributed by atoms with Crippen molar-refractivity contribution in [2.75, 3.05) is 11.9 Å². The summed E-state index contributed by atoms with van der Waals surface area (Å²) >= 11 is 12.0. The molecular weight excluding hydrogens is 361 g/mol. The average molecular weight is 378 g/mol. The molecular formula is C17H17Cl2N5O. The van der Waals surface area contributed by atoms with Crippen molar-refractivity contribution in [2.45, 2.75) is 32.0 Å². The maximum Gasteiger partial charge on any atom is 0.167 e. The molecule has 25 heavy (non-hydrogen) atoms. The zero-order chi connectivity index (χ0) is 17.2. The van der Waals surface area contributed by atoms with Crippen LogP contribution in [0.3, 0.4) is 0 Å². The molecule has 1 aromatic carbocycles. The van der Waals surface area contributed by atoms with E-state index in [1.807, 2.05) is 16.7 Å². The van der Waals surface area contributed by atoms with Crippen molar-refractivity contribution < 1.29 is 4.74 Å². The molecule has 1 N–H and O–H groups in total. The molecule has 0 aliphatic carbocycles. The fraction of sp³-hybridized carbons (Fsp3) is 0.353. The molecule has 0 radical (unpaired) electrons. The van der Waals surface area contributed by atoms with Crippen molar-refractivity contribution in [1.82, 2.24) is 19.5 Å². The predicted octanol–water partition coefficient (Wildman–Crippen LogP) is 4.44. The molecule has 8 heteroatoms. The van der Waals surface area contributed by atoms with Gasteiger partial charge in [-0.1, -0.05) is 29.3 Å². The number of nitrogens with one attached hydrogen (secondary N) is 1. The topological polar surface area (TPSA) is 64.9 Å². The number of nitrogens with zero attached hydrogens (tertiary/aromatic N) is 4. The molecule has 1 fully saturated rings. The fourth-order valence-corrected chi connectivity index (χ4v) is 3.29. The van der Waals surface area contributed by atoms with Gasteiger partial charge in [0.15, 0.2) is 17.0 Å².